The number of para-hydroxylation sites is 1. The minimum atomic E-state index is 0.388. The van der Waals surface area contributed by atoms with E-state index >= 15 is 0 Å². The summed E-state index contributed by atoms with van der Waals surface area (Å²) in [5, 5.41) is 11.4. The molecule has 0 unspecified atom stereocenters. The van der Waals surface area contributed by atoms with E-state index in [0.29, 0.717) is 30.4 Å². The molecule has 0 N–H and O–H groups in total. The van der Waals surface area contributed by atoms with Crippen LogP contribution < -0.4 is 9.47 Å². The summed E-state index contributed by atoms with van der Waals surface area (Å²) in [6, 6.07) is 22.0. The molecule has 3 rings (SSSR count). The molecule has 0 aliphatic heterocycles. The van der Waals surface area contributed by atoms with E-state index in [4.69, 9.17) is 9.47 Å². The van der Waals surface area contributed by atoms with Crippen molar-refractivity contribution in [3.63, 3.8) is 0 Å². The summed E-state index contributed by atoms with van der Waals surface area (Å²) in [4.78, 5) is 0. The van der Waals surface area contributed by atoms with Gasteiger partial charge in [0, 0.05) is 5.39 Å². The van der Waals surface area contributed by atoms with Crippen LogP contribution in [-0.2, 0) is 0 Å². The van der Waals surface area contributed by atoms with Crippen LogP contribution in [0.4, 0.5) is 0 Å². The van der Waals surface area contributed by atoms with Gasteiger partial charge in [-0.15, -0.1) is 0 Å². The van der Waals surface area contributed by atoms with Gasteiger partial charge in [-0.3, -0.25) is 0 Å². The van der Waals surface area contributed by atoms with Gasteiger partial charge in [-0.1, -0.05) is 62.4 Å². The molecule has 3 nitrogen and oxygen atoms in total. The fourth-order valence-corrected chi connectivity index (χ4v) is 2.88. The fourth-order valence-electron chi connectivity index (χ4n) is 2.88. The average Bonchev–Trinajstić information content (AvgIpc) is 2.65. The first kappa shape index (κ1) is 16.9. The molecule has 0 aliphatic rings. The topological polar surface area (TPSA) is 42.2 Å². The number of nitrogens with zero attached hydrogens (tertiary/aromatic N) is 1. The smallest absolute Gasteiger partial charge is 0.137 e. The molecule has 0 atom stereocenters. The van der Waals surface area contributed by atoms with E-state index in [-0.39, 0.29) is 0 Å². The van der Waals surface area contributed by atoms with E-state index in [1.165, 1.54) is 5.56 Å². The summed E-state index contributed by atoms with van der Waals surface area (Å²) in [6.45, 7) is 5.11. The van der Waals surface area contributed by atoms with Gasteiger partial charge in [0.1, 0.15) is 36.3 Å². The van der Waals surface area contributed by atoms with Crippen LogP contribution in [0.3, 0.4) is 0 Å². The van der Waals surface area contributed by atoms with Crippen molar-refractivity contribution in [2.45, 2.75) is 19.8 Å². The van der Waals surface area contributed by atoms with Crippen molar-refractivity contribution in [2.24, 2.45) is 0 Å². The lowest BCUT2D eigenvalue weighted by Crippen LogP contribution is -2.11. The Bertz CT molecular complexity index is 909. The first-order chi connectivity index (χ1) is 12.2. The summed E-state index contributed by atoms with van der Waals surface area (Å²) >= 11 is 0. The number of benzene rings is 3. The Hall–Kier alpha value is -2.99. The van der Waals surface area contributed by atoms with Crippen molar-refractivity contribution in [1.29, 1.82) is 5.26 Å². The highest BCUT2D eigenvalue weighted by molar-refractivity contribution is 5.90. The Labute approximate surface area is 148 Å². The Balaban J connectivity index is 1.67. The second kappa shape index (κ2) is 7.72. The second-order valence-electron chi connectivity index (χ2n) is 6.16. The predicted octanol–water partition coefficient (Wildman–Crippen LogP) is 5.29. The maximum Gasteiger partial charge on any atom is 0.137 e. The Kier molecular flexibility index (Phi) is 5.20. The molecule has 0 fully saturated rings. The number of nitriles is 1. The summed E-state index contributed by atoms with van der Waals surface area (Å²) in [5.41, 5.74) is 1.76. The first-order valence-electron chi connectivity index (χ1n) is 8.47. The summed E-state index contributed by atoms with van der Waals surface area (Å²) in [6.07, 6.45) is 0. The van der Waals surface area contributed by atoms with Crippen molar-refractivity contribution in [1.82, 2.24) is 0 Å². The SMILES string of the molecule is CC(C)c1ccccc1OCCOc1ccc2ccccc2c1C#N. The molecule has 0 radical (unpaired) electrons. The molecule has 0 bridgehead atoms. The van der Waals surface area contributed by atoms with Crippen LogP contribution in [0.25, 0.3) is 10.8 Å². The van der Waals surface area contributed by atoms with Gasteiger partial charge >= 0.3 is 0 Å². The fraction of sp³-hybridized carbons (Fsp3) is 0.227. The van der Waals surface area contributed by atoms with Crippen molar-refractivity contribution < 1.29 is 9.47 Å². The maximum atomic E-state index is 9.49. The van der Waals surface area contributed by atoms with Gasteiger partial charge in [0.05, 0.1) is 0 Å². The van der Waals surface area contributed by atoms with E-state index in [1.54, 1.807) is 0 Å². The molecular weight excluding hydrogens is 310 g/mol. The van der Waals surface area contributed by atoms with E-state index in [2.05, 4.69) is 26.0 Å². The Morgan fingerprint density at radius 1 is 0.840 bits per heavy atom. The van der Waals surface area contributed by atoms with Crippen LogP contribution in [0.15, 0.2) is 60.7 Å². The summed E-state index contributed by atoms with van der Waals surface area (Å²) in [7, 11) is 0. The number of fused-ring (bicyclic) bond motifs is 1. The van der Waals surface area contributed by atoms with Crippen molar-refractivity contribution in [3.8, 4) is 17.6 Å². The van der Waals surface area contributed by atoms with Gasteiger partial charge in [0.25, 0.3) is 0 Å². The molecule has 0 saturated carbocycles. The van der Waals surface area contributed by atoms with Crippen LogP contribution in [0.1, 0.15) is 30.9 Å². The van der Waals surface area contributed by atoms with E-state index < -0.39 is 0 Å². The molecule has 3 aromatic rings. The Morgan fingerprint density at radius 3 is 2.28 bits per heavy atom. The third kappa shape index (κ3) is 3.75. The van der Waals surface area contributed by atoms with E-state index in [0.717, 1.165) is 16.5 Å². The van der Waals surface area contributed by atoms with Crippen LogP contribution >= 0.6 is 0 Å². The lowest BCUT2D eigenvalue weighted by atomic mass is 10.0. The van der Waals surface area contributed by atoms with Crippen LogP contribution in [0, 0.1) is 11.3 Å². The number of ether oxygens (including phenoxy) is 2. The second-order valence-corrected chi connectivity index (χ2v) is 6.16. The third-order valence-corrected chi connectivity index (χ3v) is 4.14. The molecule has 126 valence electrons. The standard InChI is InChI=1S/C22H21NO2/c1-16(2)18-8-5-6-10-21(18)24-13-14-25-22-12-11-17-7-3-4-9-19(17)20(22)15-23/h3-12,16H,13-14H2,1-2H3. The monoisotopic (exact) mass is 331 g/mol. The number of hydrogen-bond donors (Lipinski definition) is 0. The van der Waals surface area contributed by atoms with Crippen molar-refractivity contribution >= 4 is 10.8 Å². The molecule has 0 saturated heterocycles. The van der Waals surface area contributed by atoms with Gasteiger partial charge in [-0.05, 0) is 29.0 Å². The third-order valence-electron chi connectivity index (χ3n) is 4.14. The zero-order valence-electron chi connectivity index (χ0n) is 14.5. The quantitative estimate of drug-likeness (QED) is 0.576. The normalized spacial score (nSPS) is 10.6. The van der Waals surface area contributed by atoms with E-state index in [9.17, 15) is 5.26 Å². The van der Waals surface area contributed by atoms with Gasteiger partial charge in [0.15, 0.2) is 0 Å². The van der Waals surface area contributed by atoms with Gasteiger partial charge in [-0.2, -0.15) is 5.26 Å². The molecule has 0 aliphatic carbocycles. The lowest BCUT2D eigenvalue weighted by molar-refractivity contribution is 0.215. The molecule has 0 heterocycles. The minimum absolute atomic E-state index is 0.388. The molecular formula is C22H21NO2. The number of rotatable bonds is 6. The largest absolute Gasteiger partial charge is 0.490 e. The molecule has 25 heavy (non-hydrogen) atoms. The molecule has 3 aromatic carbocycles. The number of hydrogen-bond acceptors (Lipinski definition) is 3. The average molecular weight is 331 g/mol. The summed E-state index contributed by atoms with van der Waals surface area (Å²) in [5.74, 6) is 1.89. The van der Waals surface area contributed by atoms with Crippen LogP contribution in [0.2, 0.25) is 0 Å². The zero-order chi connectivity index (χ0) is 17.6. The minimum Gasteiger partial charge on any atom is -0.490 e. The molecule has 0 spiro atoms. The van der Waals surface area contributed by atoms with Crippen LogP contribution in [-0.4, -0.2) is 13.2 Å². The Morgan fingerprint density at radius 2 is 1.52 bits per heavy atom. The maximum absolute atomic E-state index is 9.49. The molecule has 3 heteroatoms. The van der Waals surface area contributed by atoms with Gasteiger partial charge in [-0.25, -0.2) is 0 Å². The predicted molar refractivity (Wildman–Crippen MR) is 100 cm³/mol. The highest BCUT2D eigenvalue weighted by Gasteiger charge is 2.09. The molecule has 0 amide bonds. The van der Waals surface area contributed by atoms with Crippen LogP contribution in [0.5, 0.6) is 11.5 Å². The van der Waals surface area contributed by atoms with E-state index in [1.807, 2.05) is 54.6 Å². The highest BCUT2D eigenvalue weighted by Crippen LogP contribution is 2.28. The summed E-state index contributed by atoms with van der Waals surface area (Å²) < 4.78 is 11.7. The van der Waals surface area contributed by atoms with Crippen molar-refractivity contribution in [2.75, 3.05) is 13.2 Å². The lowest BCUT2D eigenvalue weighted by Gasteiger charge is -2.14. The highest BCUT2D eigenvalue weighted by atomic mass is 16.5. The molecule has 0 aromatic heterocycles. The van der Waals surface area contributed by atoms with Gasteiger partial charge < -0.3 is 9.47 Å². The van der Waals surface area contributed by atoms with Gasteiger partial charge in [0.2, 0.25) is 0 Å². The van der Waals surface area contributed by atoms with Crippen molar-refractivity contribution in [3.05, 3.63) is 71.8 Å². The first-order valence-corrected chi connectivity index (χ1v) is 8.47. The zero-order valence-corrected chi connectivity index (χ0v) is 14.5.